The number of fused-ring (bicyclic) bond motifs is 5. The third-order valence-electron chi connectivity index (χ3n) is 7.90. The van der Waals surface area contributed by atoms with Crippen LogP contribution in [0.4, 0.5) is 11.4 Å². The maximum absolute atomic E-state index is 5.94. The van der Waals surface area contributed by atoms with E-state index in [-0.39, 0.29) is 0 Å². The number of pyridine rings is 2. The minimum atomic E-state index is 0.508. The van der Waals surface area contributed by atoms with Gasteiger partial charge in [0.15, 0.2) is 0 Å². The fraction of sp³-hybridized carbons (Fsp3) is 0.0556. The minimum Gasteiger partial charge on any atom is -0.421 e. The fourth-order valence-corrected chi connectivity index (χ4v) is 5.97. The Bertz CT molecular complexity index is 2060. The predicted molar refractivity (Wildman–Crippen MR) is 166 cm³/mol. The molecular formula is C36H26N4O. The number of rotatable bonds is 4. The van der Waals surface area contributed by atoms with E-state index < -0.39 is 0 Å². The summed E-state index contributed by atoms with van der Waals surface area (Å²) in [4.78, 5) is 12.9. The van der Waals surface area contributed by atoms with Gasteiger partial charge in [-0.3, -0.25) is 0 Å². The molecule has 0 aliphatic carbocycles. The first-order valence-electron chi connectivity index (χ1n) is 13.9. The zero-order valence-electron chi connectivity index (χ0n) is 22.3. The van der Waals surface area contributed by atoms with Gasteiger partial charge in [0.2, 0.25) is 11.8 Å². The van der Waals surface area contributed by atoms with Crippen LogP contribution in [-0.4, -0.2) is 15.0 Å². The lowest BCUT2D eigenvalue weighted by molar-refractivity contribution is 0.445. The Morgan fingerprint density at radius 2 is 1.24 bits per heavy atom. The monoisotopic (exact) mass is 530 g/mol. The van der Waals surface area contributed by atoms with Gasteiger partial charge in [-0.1, -0.05) is 84.9 Å². The smallest absolute Gasteiger partial charge is 0.221 e. The zero-order chi connectivity index (χ0) is 27.2. The number of hydrogen-bond donors (Lipinski definition) is 2. The standard InChI is InChI=1S/C36H26N4O/c1-2-16-30-23(9-1)20-21-24-10-5-11-25(34(24)39-30)26-12-6-13-27-28-14-7-15-29(36(28)40-35(26)27)31-17-8-19-33(38-31)41-32-18-3-4-22-37-32/h1-19,22,39-40H,20-21H2. The summed E-state index contributed by atoms with van der Waals surface area (Å²) < 4.78 is 5.94. The Morgan fingerprint density at radius 3 is 2.12 bits per heavy atom. The molecule has 0 unspecified atom stereocenters. The molecule has 0 atom stereocenters. The van der Waals surface area contributed by atoms with Crippen LogP contribution in [0, 0.1) is 0 Å². The first kappa shape index (κ1) is 23.5. The van der Waals surface area contributed by atoms with E-state index in [4.69, 9.17) is 9.72 Å². The van der Waals surface area contributed by atoms with Gasteiger partial charge in [-0.25, -0.2) is 9.97 Å². The highest BCUT2D eigenvalue weighted by Gasteiger charge is 2.19. The number of benzene rings is 4. The van der Waals surface area contributed by atoms with Gasteiger partial charge in [-0.05, 0) is 42.2 Å². The van der Waals surface area contributed by atoms with E-state index in [1.165, 1.54) is 39.0 Å². The second-order valence-electron chi connectivity index (χ2n) is 10.3. The summed E-state index contributed by atoms with van der Waals surface area (Å²) in [5, 5.41) is 6.14. The van der Waals surface area contributed by atoms with Crippen LogP contribution in [-0.2, 0) is 12.8 Å². The molecule has 0 saturated heterocycles. The lowest BCUT2D eigenvalue weighted by Gasteiger charge is -2.16. The van der Waals surface area contributed by atoms with Gasteiger partial charge in [0.25, 0.3) is 0 Å². The quantitative estimate of drug-likeness (QED) is 0.238. The first-order chi connectivity index (χ1) is 20.3. The number of para-hydroxylation sites is 4. The van der Waals surface area contributed by atoms with Gasteiger partial charge in [-0.15, -0.1) is 0 Å². The molecule has 3 aromatic heterocycles. The molecule has 41 heavy (non-hydrogen) atoms. The molecule has 0 radical (unpaired) electrons. The van der Waals surface area contributed by atoms with E-state index in [1.54, 1.807) is 6.20 Å². The van der Waals surface area contributed by atoms with Crippen molar-refractivity contribution in [3.05, 3.63) is 133 Å². The summed E-state index contributed by atoms with van der Waals surface area (Å²) in [7, 11) is 0. The van der Waals surface area contributed by atoms with Crippen molar-refractivity contribution in [1.29, 1.82) is 0 Å². The van der Waals surface area contributed by atoms with Crippen molar-refractivity contribution in [3.63, 3.8) is 0 Å². The van der Waals surface area contributed by atoms with Gasteiger partial charge in [-0.2, -0.15) is 0 Å². The van der Waals surface area contributed by atoms with Crippen LogP contribution in [0.25, 0.3) is 44.2 Å². The number of aryl methyl sites for hydroxylation is 2. The van der Waals surface area contributed by atoms with Gasteiger partial charge in [0.1, 0.15) is 0 Å². The van der Waals surface area contributed by atoms with Gasteiger partial charge < -0.3 is 15.0 Å². The Hall–Kier alpha value is -5.42. The number of H-pyrrole nitrogens is 1. The predicted octanol–water partition coefficient (Wildman–Crippen LogP) is 9.08. The number of ether oxygens (including phenoxy) is 1. The number of nitrogens with zero attached hydrogens (tertiary/aromatic N) is 2. The number of hydrogen-bond acceptors (Lipinski definition) is 4. The lowest BCUT2D eigenvalue weighted by atomic mass is 9.96. The van der Waals surface area contributed by atoms with Crippen LogP contribution in [0.2, 0.25) is 0 Å². The molecule has 0 amide bonds. The van der Waals surface area contributed by atoms with E-state index in [9.17, 15) is 0 Å². The summed E-state index contributed by atoms with van der Waals surface area (Å²) in [6.07, 6.45) is 3.74. The highest BCUT2D eigenvalue weighted by molar-refractivity contribution is 6.15. The molecule has 196 valence electrons. The topological polar surface area (TPSA) is 62.8 Å². The largest absolute Gasteiger partial charge is 0.421 e. The van der Waals surface area contributed by atoms with Crippen molar-refractivity contribution < 1.29 is 4.74 Å². The molecule has 2 N–H and O–H groups in total. The third-order valence-corrected chi connectivity index (χ3v) is 7.90. The van der Waals surface area contributed by atoms with Crippen LogP contribution in [0.5, 0.6) is 11.8 Å². The number of anilines is 2. The Morgan fingerprint density at radius 1 is 0.561 bits per heavy atom. The molecule has 5 heteroatoms. The van der Waals surface area contributed by atoms with Crippen molar-refractivity contribution in [2.75, 3.05) is 5.32 Å². The molecule has 8 rings (SSSR count). The van der Waals surface area contributed by atoms with Crippen LogP contribution >= 0.6 is 0 Å². The van der Waals surface area contributed by atoms with E-state index >= 15 is 0 Å². The van der Waals surface area contributed by atoms with Crippen molar-refractivity contribution >= 4 is 33.2 Å². The van der Waals surface area contributed by atoms with Crippen molar-refractivity contribution in [3.8, 4) is 34.1 Å². The lowest BCUT2D eigenvalue weighted by Crippen LogP contribution is -1.97. The number of aromatic amines is 1. The molecule has 4 aromatic carbocycles. The summed E-state index contributed by atoms with van der Waals surface area (Å²) in [5.74, 6) is 1.03. The summed E-state index contributed by atoms with van der Waals surface area (Å²) >= 11 is 0. The fourth-order valence-electron chi connectivity index (χ4n) is 5.97. The van der Waals surface area contributed by atoms with Gasteiger partial charge >= 0.3 is 0 Å². The summed E-state index contributed by atoms with van der Waals surface area (Å²) in [5.41, 5.74) is 11.5. The van der Waals surface area contributed by atoms with Crippen LogP contribution in [0.15, 0.2) is 121 Å². The first-order valence-corrected chi connectivity index (χ1v) is 13.9. The van der Waals surface area contributed by atoms with Crippen LogP contribution in [0.1, 0.15) is 11.1 Å². The second-order valence-corrected chi connectivity index (χ2v) is 10.3. The van der Waals surface area contributed by atoms with Crippen LogP contribution in [0.3, 0.4) is 0 Å². The third kappa shape index (κ3) is 4.10. The van der Waals surface area contributed by atoms with E-state index in [1.807, 2.05) is 36.4 Å². The number of aromatic nitrogens is 3. The molecule has 1 aliphatic heterocycles. The van der Waals surface area contributed by atoms with Gasteiger partial charge in [0.05, 0.1) is 16.7 Å². The molecule has 1 aliphatic rings. The SMILES string of the molecule is c1ccc(Oc2cccc(-c3cccc4c3[nH]c3c(-c5cccc6c5Nc5ccccc5CC6)cccc34)n2)nc1. The zero-order valence-corrected chi connectivity index (χ0v) is 22.3. The molecule has 5 nitrogen and oxygen atoms in total. The average Bonchev–Trinajstić information content (AvgIpc) is 3.30. The van der Waals surface area contributed by atoms with Crippen LogP contribution < -0.4 is 10.1 Å². The molecule has 0 fully saturated rings. The van der Waals surface area contributed by atoms with Gasteiger partial charge in [0, 0.05) is 57.2 Å². The summed E-state index contributed by atoms with van der Waals surface area (Å²) in [6, 6.07) is 39.6. The molecule has 0 spiro atoms. The highest BCUT2D eigenvalue weighted by Crippen LogP contribution is 2.42. The molecule has 0 bridgehead atoms. The Kier molecular flexibility index (Phi) is 5.52. The minimum absolute atomic E-state index is 0.508. The number of nitrogens with one attached hydrogen (secondary N) is 2. The maximum Gasteiger partial charge on any atom is 0.221 e. The van der Waals surface area contributed by atoms with Crippen molar-refractivity contribution in [1.82, 2.24) is 15.0 Å². The Balaban J connectivity index is 1.27. The molecular weight excluding hydrogens is 504 g/mol. The van der Waals surface area contributed by atoms with Crippen molar-refractivity contribution in [2.45, 2.75) is 12.8 Å². The normalized spacial score (nSPS) is 12.4. The van der Waals surface area contributed by atoms with E-state index in [2.05, 4.69) is 94.1 Å². The Labute approximate surface area is 237 Å². The summed E-state index contributed by atoms with van der Waals surface area (Å²) in [6.45, 7) is 0. The highest BCUT2D eigenvalue weighted by atomic mass is 16.5. The van der Waals surface area contributed by atoms with E-state index in [0.29, 0.717) is 11.8 Å². The maximum atomic E-state index is 5.94. The molecule has 0 saturated carbocycles. The van der Waals surface area contributed by atoms with Crippen molar-refractivity contribution in [2.24, 2.45) is 0 Å². The second kappa shape index (κ2) is 9.65. The average molecular weight is 531 g/mol. The molecule has 7 aromatic rings. The van der Waals surface area contributed by atoms with E-state index in [0.717, 1.165) is 40.5 Å². The molecule has 4 heterocycles.